The Labute approximate surface area is 97.2 Å². The van der Waals surface area contributed by atoms with Crippen LogP contribution in [0.1, 0.15) is 39.0 Å². The summed E-state index contributed by atoms with van der Waals surface area (Å²) in [4.78, 5) is 11.4. The molecule has 1 unspecified atom stereocenters. The number of hydrogen-bond donors (Lipinski definition) is 2. The molecule has 0 amide bonds. The van der Waals surface area contributed by atoms with Gasteiger partial charge in [-0.25, -0.2) is 0 Å². The van der Waals surface area contributed by atoms with Gasteiger partial charge in [-0.15, -0.1) is 0 Å². The van der Waals surface area contributed by atoms with Gasteiger partial charge in [0.15, 0.2) is 0 Å². The Hall–Kier alpha value is -0.610. The maximum atomic E-state index is 11.4. The molecule has 0 radical (unpaired) electrons. The van der Waals surface area contributed by atoms with Gasteiger partial charge in [0, 0.05) is 19.8 Å². The van der Waals surface area contributed by atoms with Crippen LogP contribution in [0.5, 0.6) is 0 Å². The molecule has 1 saturated carbocycles. The summed E-state index contributed by atoms with van der Waals surface area (Å²) in [5.41, 5.74) is 4.97. The lowest BCUT2D eigenvalue weighted by Gasteiger charge is -2.27. The lowest BCUT2D eigenvalue weighted by molar-refractivity contribution is -0.149. The molecule has 0 saturated heterocycles. The molecule has 16 heavy (non-hydrogen) atoms. The molecule has 0 aliphatic heterocycles. The van der Waals surface area contributed by atoms with E-state index in [1.165, 1.54) is 12.8 Å². The maximum Gasteiger partial charge on any atom is 0.310 e. The van der Waals surface area contributed by atoms with Crippen molar-refractivity contribution in [3.8, 4) is 0 Å². The summed E-state index contributed by atoms with van der Waals surface area (Å²) in [6.45, 7) is 3.50. The first-order valence-electron chi connectivity index (χ1n) is 6.16. The Morgan fingerprint density at radius 2 is 2.25 bits per heavy atom. The van der Waals surface area contributed by atoms with Gasteiger partial charge in [0.1, 0.15) is 0 Å². The number of ether oxygens (including phenoxy) is 1. The Kier molecular flexibility index (Phi) is 5.22. The quantitative estimate of drug-likeness (QED) is 0.589. The van der Waals surface area contributed by atoms with Crippen molar-refractivity contribution in [3.05, 3.63) is 0 Å². The number of aliphatic carboxylic acids is 1. The van der Waals surface area contributed by atoms with E-state index in [1.807, 2.05) is 6.92 Å². The fourth-order valence-electron chi connectivity index (χ4n) is 2.10. The topological polar surface area (TPSA) is 72.5 Å². The minimum atomic E-state index is -0.738. The molecule has 0 aromatic heterocycles. The van der Waals surface area contributed by atoms with E-state index in [9.17, 15) is 9.90 Å². The van der Waals surface area contributed by atoms with Gasteiger partial charge < -0.3 is 15.6 Å². The predicted octanol–water partition coefficient (Wildman–Crippen LogP) is 1.63. The Morgan fingerprint density at radius 3 is 2.69 bits per heavy atom. The first-order chi connectivity index (χ1) is 7.64. The minimum Gasteiger partial charge on any atom is -0.481 e. The van der Waals surface area contributed by atoms with E-state index in [0.29, 0.717) is 25.6 Å². The molecule has 1 rings (SSSR count). The van der Waals surface area contributed by atoms with Crippen molar-refractivity contribution in [2.24, 2.45) is 17.1 Å². The van der Waals surface area contributed by atoms with E-state index in [2.05, 4.69) is 0 Å². The van der Waals surface area contributed by atoms with Gasteiger partial charge in [-0.2, -0.15) is 0 Å². The van der Waals surface area contributed by atoms with E-state index in [4.69, 9.17) is 10.5 Å². The molecule has 0 aromatic carbocycles. The molecular weight excluding hydrogens is 206 g/mol. The van der Waals surface area contributed by atoms with Crippen LogP contribution in [-0.2, 0) is 9.53 Å². The standard InChI is InChI=1S/C12H23NO3/c1-2-16-7-3-6-12(9-13,11(14)15)8-10-4-5-10/h10H,2-9,13H2,1H3,(H,14,15). The number of nitrogens with two attached hydrogens (primary N) is 1. The molecule has 0 aromatic rings. The third-order valence-electron chi connectivity index (χ3n) is 3.37. The van der Waals surface area contributed by atoms with E-state index in [1.54, 1.807) is 0 Å². The highest BCUT2D eigenvalue weighted by molar-refractivity contribution is 5.75. The van der Waals surface area contributed by atoms with Crippen molar-refractivity contribution in [1.82, 2.24) is 0 Å². The second-order valence-corrected chi connectivity index (χ2v) is 4.74. The van der Waals surface area contributed by atoms with Gasteiger partial charge in [0.25, 0.3) is 0 Å². The summed E-state index contributed by atoms with van der Waals surface area (Å²) in [5.74, 6) is -0.148. The predicted molar refractivity (Wildman–Crippen MR) is 62.2 cm³/mol. The smallest absolute Gasteiger partial charge is 0.310 e. The number of carboxylic acids is 1. The van der Waals surface area contributed by atoms with Crippen molar-refractivity contribution in [2.75, 3.05) is 19.8 Å². The zero-order chi connectivity index (χ0) is 12.0. The highest BCUT2D eigenvalue weighted by Gasteiger charge is 2.41. The molecule has 4 heteroatoms. The van der Waals surface area contributed by atoms with Crippen molar-refractivity contribution >= 4 is 5.97 Å². The number of carbonyl (C=O) groups is 1. The van der Waals surface area contributed by atoms with Gasteiger partial charge >= 0.3 is 5.97 Å². The Balaban J connectivity index is 2.43. The number of hydrogen-bond acceptors (Lipinski definition) is 3. The van der Waals surface area contributed by atoms with E-state index in [0.717, 1.165) is 12.8 Å². The molecule has 1 atom stereocenters. The zero-order valence-corrected chi connectivity index (χ0v) is 10.1. The average molecular weight is 229 g/mol. The van der Waals surface area contributed by atoms with Crippen molar-refractivity contribution in [2.45, 2.75) is 39.0 Å². The molecule has 94 valence electrons. The van der Waals surface area contributed by atoms with Gasteiger partial charge in [-0.1, -0.05) is 12.8 Å². The van der Waals surface area contributed by atoms with Crippen LogP contribution in [0.3, 0.4) is 0 Å². The molecule has 3 N–H and O–H groups in total. The zero-order valence-electron chi connectivity index (χ0n) is 10.1. The van der Waals surface area contributed by atoms with Crippen LogP contribution in [0.15, 0.2) is 0 Å². The summed E-state index contributed by atoms with van der Waals surface area (Å²) in [7, 11) is 0. The monoisotopic (exact) mass is 229 g/mol. The van der Waals surface area contributed by atoms with Crippen LogP contribution in [-0.4, -0.2) is 30.8 Å². The van der Waals surface area contributed by atoms with Crippen molar-refractivity contribution in [1.29, 1.82) is 0 Å². The fourth-order valence-corrected chi connectivity index (χ4v) is 2.10. The van der Waals surface area contributed by atoms with Crippen molar-refractivity contribution < 1.29 is 14.6 Å². The van der Waals surface area contributed by atoms with Crippen LogP contribution in [0, 0.1) is 11.3 Å². The first-order valence-corrected chi connectivity index (χ1v) is 6.16. The molecule has 0 bridgehead atoms. The maximum absolute atomic E-state index is 11.4. The van der Waals surface area contributed by atoms with E-state index >= 15 is 0 Å². The Bertz CT molecular complexity index is 228. The molecule has 0 heterocycles. The average Bonchev–Trinajstić information content (AvgIpc) is 3.06. The van der Waals surface area contributed by atoms with Crippen LogP contribution < -0.4 is 5.73 Å². The SMILES string of the molecule is CCOCCCC(CN)(CC1CC1)C(=O)O. The second-order valence-electron chi connectivity index (χ2n) is 4.74. The van der Waals surface area contributed by atoms with E-state index < -0.39 is 11.4 Å². The lowest BCUT2D eigenvalue weighted by atomic mass is 9.78. The van der Waals surface area contributed by atoms with Gasteiger partial charge in [0.2, 0.25) is 0 Å². The largest absolute Gasteiger partial charge is 0.481 e. The van der Waals surface area contributed by atoms with Crippen LogP contribution >= 0.6 is 0 Å². The van der Waals surface area contributed by atoms with Crippen molar-refractivity contribution in [3.63, 3.8) is 0 Å². The van der Waals surface area contributed by atoms with Gasteiger partial charge in [-0.3, -0.25) is 4.79 Å². The van der Waals surface area contributed by atoms with Crippen LogP contribution in [0.4, 0.5) is 0 Å². The second kappa shape index (κ2) is 6.21. The summed E-state index contributed by atoms with van der Waals surface area (Å²) >= 11 is 0. The van der Waals surface area contributed by atoms with E-state index in [-0.39, 0.29) is 6.54 Å². The third-order valence-corrected chi connectivity index (χ3v) is 3.37. The van der Waals surface area contributed by atoms with Crippen LogP contribution in [0.2, 0.25) is 0 Å². The molecule has 4 nitrogen and oxygen atoms in total. The fraction of sp³-hybridized carbons (Fsp3) is 0.917. The molecule has 1 aliphatic carbocycles. The van der Waals surface area contributed by atoms with Gasteiger partial charge in [-0.05, 0) is 32.1 Å². The van der Waals surface area contributed by atoms with Gasteiger partial charge in [0.05, 0.1) is 5.41 Å². The lowest BCUT2D eigenvalue weighted by Crippen LogP contribution is -2.39. The summed E-state index contributed by atoms with van der Waals surface area (Å²) in [6.07, 6.45) is 4.49. The van der Waals surface area contributed by atoms with Crippen LogP contribution in [0.25, 0.3) is 0 Å². The normalized spacial score (nSPS) is 19.4. The third kappa shape index (κ3) is 3.76. The highest BCUT2D eigenvalue weighted by atomic mass is 16.5. The number of rotatable bonds is 9. The minimum absolute atomic E-state index is 0.241. The molecule has 1 aliphatic rings. The molecule has 0 spiro atoms. The Morgan fingerprint density at radius 1 is 1.56 bits per heavy atom. The molecular formula is C12H23NO3. The summed E-state index contributed by atoms with van der Waals surface area (Å²) in [5, 5.41) is 9.34. The highest BCUT2D eigenvalue weighted by Crippen LogP contribution is 2.42. The summed E-state index contributed by atoms with van der Waals surface area (Å²) in [6, 6.07) is 0. The summed E-state index contributed by atoms with van der Waals surface area (Å²) < 4.78 is 5.24. The molecule has 1 fully saturated rings. The number of carboxylic acid groups (broad SMARTS) is 1. The first kappa shape index (κ1) is 13.5.